The van der Waals surface area contributed by atoms with E-state index in [2.05, 4.69) is 20.5 Å². The van der Waals surface area contributed by atoms with E-state index in [0.29, 0.717) is 10.9 Å². The van der Waals surface area contributed by atoms with Gasteiger partial charge in [-0.15, -0.1) is 11.3 Å². The first kappa shape index (κ1) is 29.6. The van der Waals surface area contributed by atoms with Crippen LogP contribution < -0.4 is 20.9 Å². The molecule has 222 valence electrons. The molecular weight excluding hydrogens is 583 g/mol. The molecule has 3 heterocycles. The quantitative estimate of drug-likeness (QED) is 0.242. The number of thiophene rings is 1. The number of nitrogens with one attached hydrogen (secondary N) is 3. The average molecular weight is 615 g/mol. The Morgan fingerprint density at radius 1 is 1.07 bits per heavy atom. The van der Waals surface area contributed by atoms with E-state index in [1.807, 2.05) is 4.72 Å². The molecule has 1 fully saturated rings. The number of amides is 2. The second kappa shape index (κ2) is 12.6. The highest BCUT2D eigenvalue weighted by molar-refractivity contribution is 7.92. The van der Waals surface area contributed by atoms with Crippen LogP contribution in [0.5, 0.6) is 0 Å². The molecule has 0 saturated carbocycles. The van der Waals surface area contributed by atoms with E-state index in [-0.39, 0.29) is 21.4 Å². The van der Waals surface area contributed by atoms with Gasteiger partial charge in [0.2, 0.25) is 0 Å². The van der Waals surface area contributed by atoms with Crippen molar-refractivity contribution in [1.82, 2.24) is 19.2 Å². The number of benzene rings is 2. The smallest absolute Gasteiger partial charge is 0.333 e. The van der Waals surface area contributed by atoms with Crippen molar-refractivity contribution in [3.05, 3.63) is 75.4 Å². The molecule has 0 atom stereocenters. The van der Waals surface area contributed by atoms with Crippen molar-refractivity contribution in [2.24, 2.45) is 0 Å². The van der Waals surface area contributed by atoms with Crippen LogP contribution in [-0.2, 0) is 14.8 Å². The predicted octanol–water partition coefficient (Wildman–Crippen LogP) is 3.85. The van der Waals surface area contributed by atoms with E-state index in [0.717, 1.165) is 73.8 Å². The number of aromatic nitrogens is 2. The van der Waals surface area contributed by atoms with E-state index >= 15 is 4.39 Å². The summed E-state index contributed by atoms with van der Waals surface area (Å²) in [5, 5.41) is 6.02. The van der Waals surface area contributed by atoms with Gasteiger partial charge in [0.1, 0.15) is 15.9 Å². The minimum atomic E-state index is -4.07. The number of aryl methyl sites for hydroxylation is 2. The molecule has 0 bridgehead atoms. The van der Waals surface area contributed by atoms with Gasteiger partial charge in [-0.2, -0.15) is 0 Å². The number of anilines is 2. The van der Waals surface area contributed by atoms with Crippen LogP contribution in [0.2, 0.25) is 0 Å². The van der Waals surface area contributed by atoms with E-state index in [1.165, 1.54) is 22.8 Å². The van der Waals surface area contributed by atoms with Gasteiger partial charge in [0.25, 0.3) is 15.6 Å². The number of carbonyl (C=O) groups is 1. The summed E-state index contributed by atoms with van der Waals surface area (Å²) >= 11 is 1.02. The molecule has 3 N–H and O–H groups in total. The molecule has 42 heavy (non-hydrogen) atoms. The van der Waals surface area contributed by atoms with Gasteiger partial charge in [0.15, 0.2) is 0 Å². The minimum absolute atomic E-state index is 0.00935. The highest BCUT2D eigenvalue weighted by atomic mass is 32.2. The van der Waals surface area contributed by atoms with Crippen molar-refractivity contribution in [3.63, 3.8) is 0 Å². The zero-order valence-corrected chi connectivity index (χ0v) is 24.8. The highest BCUT2D eigenvalue weighted by Gasteiger charge is 2.20. The normalized spacial score (nSPS) is 14.2. The first-order chi connectivity index (χ1) is 20.1. The lowest BCUT2D eigenvalue weighted by atomic mass is 10.2. The molecule has 1 saturated heterocycles. The molecular formula is C28H31FN6O5S2. The van der Waals surface area contributed by atoms with Crippen molar-refractivity contribution in [2.75, 3.05) is 50.0 Å². The number of urea groups is 1. The maximum absolute atomic E-state index is 15.2. The van der Waals surface area contributed by atoms with Gasteiger partial charge in [0, 0.05) is 35.9 Å². The Kier molecular flexibility index (Phi) is 8.87. The average Bonchev–Trinajstić information content (AvgIpc) is 3.40. The maximum atomic E-state index is 15.2. The van der Waals surface area contributed by atoms with E-state index < -0.39 is 27.4 Å². The molecule has 0 spiro atoms. The molecule has 4 aromatic rings. The summed E-state index contributed by atoms with van der Waals surface area (Å²) in [5.41, 5.74) is 0.847. The molecule has 14 heteroatoms. The van der Waals surface area contributed by atoms with Gasteiger partial charge in [0.05, 0.1) is 29.8 Å². The van der Waals surface area contributed by atoms with Gasteiger partial charge >= 0.3 is 6.03 Å². The Balaban J connectivity index is 1.27. The van der Waals surface area contributed by atoms with Crippen molar-refractivity contribution in [2.45, 2.75) is 24.5 Å². The molecule has 0 unspecified atom stereocenters. The van der Waals surface area contributed by atoms with Crippen LogP contribution in [-0.4, -0.2) is 68.3 Å². The number of hydrogen-bond acceptors (Lipinski definition) is 9. The summed E-state index contributed by atoms with van der Waals surface area (Å²) in [7, 11) is -4.07. The molecule has 5 rings (SSSR count). The summed E-state index contributed by atoms with van der Waals surface area (Å²) < 4.78 is 48.4. The van der Waals surface area contributed by atoms with Crippen LogP contribution in [0.1, 0.15) is 17.1 Å². The summed E-state index contributed by atoms with van der Waals surface area (Å²) in [6.07, 6.45) is 0.960. The van der Waals surface area contributed by atoms with Crippen LogP contribution in [0.3, 0.4) is 0 Å². The third kappa shape index (κ3) is 6.78. The van der Waals surface area contributed by atoms with Gasteiger partial charge in [-0.3, -0.25) is 14.3 Å². The fourth-order valence-corrected chi connectivity index (χ4v) is 6.89. The van der Waals surface area contributed by atoms with Crippen molar-refractivity contribution in [3.8, 4) is 5.69 Å². The third-order valence-electron chi connectivity index (χ3n) is 6.78. The summed E-state index contributed by atoms with van der Waals surface area (Å²) in [4.78, 5) is 33.4. The lowest BCUT2D eigenvalue weighted by Gasteiger charge is -2.26. The van der Waals surface area contributed by atoms with Gasteiger partial charge in [-0.1, -0.05) is 0 Å². The highest BCUT2D eigenvalue weighted by Crippen LogP contribution is 2.23. The largest absolute Gasteiger partial charge is 0.385 e. The zero-order chi connectivity index (χ0) is 29.9. The molecule has 1 aliphatic rings. The van der Waals surface area contributed by atoms with E-state index in [4.69, 9.17) is 4.74 Å². The summed E-state index contributed by atoms with van der Waals surface area (Å²) in [6.45, 7) is 8.53. The number of hydrogen-bond donors (Lipinski definition) is 3. The van der Waals surface area contributed by atoms with Gasteiger partial charge in [-0.25, -0.2) is 27.3 Å². The Morgan fingerprint density at radius 2 is 1.83 bits per heavy atom. The van der Waals surface area contributed by atoms with Crippen LogP contribution in [0.25, 0.3) is 16.6 Å². The first-order valence-corrected chi connectivity index (χ1v) is 15.7. The standard InChI is InChI=1S/C28H31FN6O5S2/c1-18-4-9-26(41-18)42(38,39)33-28(37)32-21-6-8-25(23(29)16-21)35-19(2)31-24-17-20(5-7-22(24)27(35)36)30-10-3-11-34-12-14-40-15-13-34/h4-9,16-17,30H,3,10-15H2,1-2H3,(H2,32,33,37). The minimum Gasteiger partial charge on any atom is -0.385 e. The summed E-state index contributed by atoms with van der Waals surface area (Å²) in [5.74, 6) is -0.513. The number of morpholine rings is 1. The number of rotatable bonds is 9. The van der Waals surface area contributed by atoms with E-state index in [1.54, 1.807) is 38.1 Å². The second-order valence-electron chi connectivity index (χ2n) is 9.86. The SMILES string of the molecule is Cc1ccc(S(=O)(=O)NC(=O)Nc2ccc(-n3c(C)nc4cc(NCCCN5CCOCC5)ccc4c3=O)c(F)c2)s1. The van der Waals surface area contributed by atoms with Crippen molar-refractivity contribution >= 4 is 49.7 Å². The van der Waals surface area contributed by atoms with Gasteiger partial charge < -0.3 is 15.4 Å². The van der Waals surface area contributed by atoms with Gasteiger partial charge in [-0.05, 0) is 75.3 Å². The molecule has 0 aliphatic carbocycles. The number of nitrogens with zero attached hydrogens (tertiary/aromatic N) is 3. The Hall–Kier alpha value is -3.85. The Labute approximate surface area is 246 Å². The molecule has 11 nitrogen and oxygen atoms in total. The van der Waals surface area contributed by atoms with Crippen LogP contribution in [0, 0.1) is 19.7 Å². The fourth-order valence-electron chi connectivity index (χ4n) is 4.70. The van der Waals surface area contributed by atoms with E-state index in [9.17, 15) is 18.0 Å². The fraction of sp³-hybridized carbons (Fsp3) is 0.321. The first-order valence-electron chi connectivity index (χ1n) is 13.4. The third-order valence-corrected chi connectivity index (χ3v) is 9.60. The molecule has 1 aliphatic heterocycles. The second-order valence-corrected chi connectivity index (χ2v) is 13.1. The Bertz CT molecular complexity index is 1780. The molecule has 2 aromatic carbocycles. The molecule has 2 aromatic heterocycles. The molecule has 0 radical (unpaired) electrons. The number of carbonyl (C=O) groups excluding carboxylic acids is 1. The number of halogens is 1. The monoisotopic (exact) mass is 614 g/mol. The number of fused-ring (bicyclic) bond motifs is 1. The number of sulfonamides is 1. The van der Waals surface area contributed by atoms with Crippen LogP contribution in [0.4, 0.5) is 20.6 Å². The Morgan fingerprint density at radius 3 is 2.55 bits per heavy atom. The lowest BCUT2D eigenvalue weighted by molar-refractivity contribution is 0.0378. The predicted molar refractivity (Wildman–Crippen MR) is 161 cm³/mol. The maximum Gasteiger partial charge on any atom is 0.333 e. The zero-order valence-electron chi connectivity index (χ0n) is 23.1. The number of ether oxygens (including phenoxy) is 1. The lowest BCUT2D eigenvalue weighted by Crippen LogP contribution is -2.37. The summed E-state index contributed by atoms with van der Waals surface area (Å²) in [6, 6.07) is 11.0. The van der Waals surface area contributed by atoms with Crippen molar-refractivity contribution in [1.29, 1.82) is 0 Å². The van der Waals surface area contributed by atoms with Crippen LogP contribution >= 0.6 is 11.3 Å². The topological polar surface area (TPSA) is 135 Å². The molecule has 2 amide bonds. The van der Waals surface area contributed by atoms with Crippen molar-refractivity contribution < 1.29 is 22.3 Å². The van der Waals surface area contributed by atoms with Crippen LogP contribution in [0.15, 0.2) is 57.5 Å².